The summed E-state index contributed by atoms with van der Waals surface area (Å²) >= 11 is 11.9. The number of rotatable bonds is 7. The molecule has 30 heavy (non-hydrogen) atoms. The number of nitro groups is 2. The van der Waals surface area contributed by atoms with E-state index in [2.05, 4.69) is 10.5 Å². The van der Waals surface area contributed by atoms with E-state index in [0.29, 0.717) is 11.3 Å². The molecule has 1 unspecified atom stereocenters. The van der Waals surface area contributed by atoms with Gasteiger partial charge in [0.2, 0.25) is 0 Å². The van der Waals surface area contributed by atoms with E-state index in [0.717, 1.165) is 12.1 Å². The maximum atomic E-state index is 11.6. The quantitative estimate of drug-likeness (QED) is 0.286. The third-order valence-electron chi connectivity index (χ3n) is 4.11. The van der Waals surface area contributed by atoms with Gasteiger partial charge in [0.15, 0.2) is 0 Å². The number of nitrogens with one attached hydrogen (secondary N) is 1. The number of hydrogen-bond donors (Lipinski definition) is 1. The summed E-state index contributed by atoms with van der Waals surface area (Å²) in [5.74, 6) is -0.752. The second-order valence-electron chi connectivity index (χ2n) is 6.01. The molecule has 1 N–H and O–H groups in total. The minimum atomic E-state index is -0.862. The van der Waals surface area contributed by atoms with Crippen LogP contribution in [0.4, 0.5) is 17.1 Å². The number of cyclic esters (lactones) is 1. The van der Waals surface area contributed by atoms with Crippen LogP contribution in [-0.2, 0) is 9.53 Å². The molecule has 0 saturated heterocycles. The van der Waals surface area contributed by atoms with E-state index in [4.69, 9.17) is 27.9 Å². The SMILES string of the molecule is O=C1OC(C/C(=N/Nc2ccc([N+](=O)[O-])cc2[N+](=O)[O-])c2ccccc2)C(Cl)=C1Cl. The molecule has 1 heterocycles. The van der Waals surface area contributed by atoms with Crippen LogP contribution in [0.25, 0.3) is 0 Å². The minimum Gasteiger partial charge on any atom is -0.452 e. The lowest BCUT2D eigenvalue weighted by Crippen LogP contribution is -2.17. The summed E-state index contributed by atoms with van der Waals surface area (Å²) in [6, 6.07) is 11.9. The molecule has 0 spiro atoms. The standard InChI is InChI=1S/C18H12Cl2N4O6/c19-16-15(30-18(25)17(16)20)9-13(10-4-2-1-3-5-10)22-21-12-7-6-11(23(26)27)8-14(12)24(28)29/h1-8,15,21H,9H2/b22-13-. The summed E-state index contributed by atoms with van der Waals surface area (Å²) in [4.78, 5) is 32.3. The predicted octanol–water partition coefficient (Wildman–Crippen LogP) is 4.32. The van der Waals surface area contributed by atoms with Crippen LogP contribution < -0.4 is 5.43 Å². The Morgan fingerprint density at radius 3 is 2.37 bits per heavy atom. The van der Waals surface area contributed by atoms with Gasteiger partial charge in [0.05, 0.1) is 26.7 Å². The molecule has 12 heteroatoms. The molecule has 2 aromatic carbocycles. The van der Waals surface area contributed by atoms with Crippen LogP contribution >= 0.6 is 23.2 Å². The fraction of sp³-hybridized carbons (Fsp3) is 0.111. The first-order valence-electron chi connectivity index (χ1n) is 8.35. The van der Waals surface area contributed by atoms with Crippen LogP contribution in [0.15, 0.2) is 63.7 Å². The molecule has 0 saturated carbocycles. The maximum absolute atomic E-state index is 11.6. The fourth-order valence-corrected chi connectivity index (χ4v) is 3.01. The number of hydrogen-bond acceptors (Lipinski definition) is 8. The molecule has 0 amide bonds. The van der Waals surface area contributed by atoms with Crippen LogP contribution in [0.5, 0.6) is 0 Å². The summed E-state index contributed by atoms with van der Waals surface area (Å²) in [6.07, 6.45) is -0.822. The molecule has 0 aliphatic carbocycles. The second-order valence-corrected chi connectivity index (χ2v) is 6.80. The number of benzene rings is 2. The Morgan fingerprint density at radius 1 is 1.10 bits per heavy atom. The lowest BCUT2D eigenvalue weighted by Gasteiger charge is -2.13. The van der Waals surface area contributed by atoms with Crippen molar-refractivity contribution in [2.45, 2.75) is 12.5 Å². The smallest absolute Gasteiger partial charge is 0.351 e. The maximum Gasteiger partial charge on any atom is 0.351 e. The van der Waals surface area contributed by atoms with Crippen molar-refractivity contribution in [1.82, 2.24) is 0 Å². The largest absolute Gasteiger partial charge is 0.452 e. The molecule has 0 fully saturated rings. The average molecular weight is 451 g/mol. The van der Waals surface area contributed by atoms with E-state index >= 15 is 0 Å². The normalized spacial score (nSPS) is 16.4. The number of hydrazone groups is 1. The van der Waals surface area contributed by atoms with Crippen LogP contribution in [0.1, 0.15) is 12.0 Å². The first kappa shape index (κ1) is 21.2. The summed E-state index contributed by atoms with van der Waals surface area (Å²) < 4.78 is 5.13. The van der Waals surface area contributed by atoms with E-state index in [9.17, 15) is 25.0 Å². The number of non-ortho nitro benzene ring substituents is 1. The van der Waals surface area contributed by atoms with Crippen LogP contribution in [-0.4, -0.2) is 27.6 Å². The Morgan fingerprint density at radius 2 is 1.80 bits per heavy atom. The molecule has 10 nitrogen and oxygen atoms in total. The monoisotopic (exact) mass is 450 g/mol. The number of esters is 1. The Bertz CT molecular complexity index is 1090. The molecule has 1 atom stereocenters. The van der Waals surface area contributed by atoms with E-state index in [1.54, 1.807) is 30.3 Å². The molecule has 0 bridgehead atoms. The zero-order valence-electron chi connectivity index (χ0n) is 15.0. The van der Waals surface area contributed by atoms with Gasteiger partial charge in [-0.15, -0.1) is 0 Å². The molecular formula is C18H12Cl2N4O6. The van der Waals surface area contributed by atoms with Crippen molar-refractivity contribution in [3.05, 3.63) is 84.4 Å². The molecule has 0 radical (unpaired) electrons. The predicted molar refractivity (Wildman–Crippen MR) is 110 cm³/mol. The number of nitro benzene ring substituents is 2. The van der Waals surface area contributed by atoms with Gasteiger partial charge in [-0.1, -0.05) is 53.5 Å². The Hall–Kier alpha value is -3.50. The number of carbonyl (C=O) groups excluding carboxylic acids is 1. The number of carbonyl (C=O) groups is 1. The highest BCUT2D eigenvalue weighted by Crippen LogP contribution is 2.32. The van der Waals surface area contributed by atoms with Gasteiger partial charge in [-0.2, -0.15) is 5.10 Å². The van der Waals surface area contributed by atoms with Crippen molar-refractivity contribution in [1.29, 1.82) is 0 Å². The minimum absolute atomic E-state index is 0.0339. The first-order chi connectivity index (χ1) is 14.3. The average Bonchev–Trinajstić information content (AvgIpc) is 2.97. The van der Waals surface area contributed by atoms with Crippen molar-refractivity contribution in [2.75, 3.05) is 5.43 Å². The van der Waals surface area contributed by atoms with Gasteiger partial charge in [-0.3, -0.25) is 25.7 Å². The van der Waals surface area contributed by atoms with Gasteiger partial charge in [-0.25, -0.2) is 4.79 Å². The van der Waals surface area contributed by atoms with Crippen molar-refractivity contribution >= 4 is 51.9 Å². The van der Waals surface area contributed by atoms with Crippen LogP contribution in [0.2, 0.25) is 0 Å². The van der Waals surface area contributed by atoms with Gasteiger partial charge < -0.3 is 4.74 Å². The van der Waals surface area contributed by atoms with E-state index < -0.39 is 33.3 Å². The lowest BCUT2D eigenvalue weighted by molar-refractivity contribution is -0.393. The lowest BCUT2D eigenvalue weighted by atomic mass is 10.0. The van der Waals surface area contributed by atoms with E-state index in [-0.39, 0.29) is 22.2 Å². The third kappa shape index (κ3) is 4.56. The highest BCUT2D eigenvalue weighted by atomic mass is 35.5. The molecule has 1 aliphatic rings. The van der Waals surface area contributed by atoms with Crippen LogP contribution in [0, 0.1) is 20.2 Å². The van der Waals surface area contributed by atoms with Crippen molar-refractivity contribution in [3.8, 4) is 0 Å². The molecule has 154 valence electrons. The van der Waals surface area contributed by atoms with Crippen molar-refractivity contribution in [3.63, 3.8) is 0 Å². The number of anilines is 1. The Labute approximate surface area is 179 Å². The Balaban J connectivity index is 1.94. The van der Waals surface area contributed by atoms with E-state index in [1.165, 1.54) is 6.07 Å². The zero-order valence-corrected chi connectivity index (χ0v) is 16.5. The van der Waals surface area contributed by atoms with Gasteiger partial charge in [0.1, 0.15) is 16.8 Å². The first-order valence-corrected chi connectivity index (χ1v) is 9.10. The van der Waals surface area contributed by atoms with E-state index in [1.807, 2.05) is 0 Å². The summed E-state index contributed by atoms with van der Waals surface area (Å²) in [5, 5.41) is 26.2. The second kappa shape index (κ2) is 8.89. The number of nitrogens with zero attached hydrogens (tertiary/aromatic N) is 3. The van der Waals surface area contributed by atoms with Gasteiger partial charge in [0, 0.05) is 12.5 Å². The van der Waals surface area contributed by atoms with Gasteiger partial charge in [0.25, 0.3) is 5.69 Å². The molecule has 2 aromatic rings. The molecule has 3 rings (SSSR count). The zero-order chi connectivity index (χ0) is 21.8. The molecule has 1 aliphatic heterocycles. The van der Waals surface area contributed by atoms with Gasteiger partial charge >= 0.3 is 11.7 Å². The topological polar surface area (TPSA) is 137 Å². The van der Waals surface area contributed by atoms with Crippen LogP contribution in [0.3, 0.4) is 0 Å². The fourth-order valence-electron chi connectivity index (χ4n) is 2.64. The third-order valence-corrected chi connectivity index (χ3v) is 4.99. The highest BCUT2D eigenvalue weighted by Gasteiger charge is 2.33. The highest BCUT2D eigenvalue weighted by molar-refractivity contribution is 6.48. The molecule has 0 aromatic heterocycles. The number of halogens is 2. The van der Waals surface area contributed by atoms with Crippen molar-refractivity contribution in [2.24, 2.45) is 5.10 Å². The summed E-state index contributed by atoms with van der Waals surface area (Å²) in [6.45, 7) is 0. The number of ether oxygens (including phenoxy) is 1. The molecular weight excluding hydrogens is 439 g/mol. The van der Waals surface area contributed by atoms with Gasteiger partial charge in [-0.05, 0) is 11.6 Å². The summed E-state index contributed by atoms with van der Waals surface area (Å²) in [7, 11) is 0. The Kier molecular flexibility index (Phi) is 6.28. The summed E-state index contributed by atoms with van der Waals surface area (Å²) in [5.41, 5.74) is 2.56. The van der Waals surface area contributed by atoms with Crippen molar-refractivity contribution < 1.29 is 19.4 Å².